The summed E-state index contributed by atoms with van der Waals surface area (Å²) in [5.41, 5.74) is 2.88. The Morgan fingerprint density at radius 2 is 1.90 bits per heavy atom. The molecule has 1 aromatic carbocycles. The molecule has 1 aliphatic heterocycles. The number of hydrogen-bond donors (Lipinski definition) is 0. The average Bonchev–Trinajstić information content (AvgIpc) is 2.50. The minimum Gasteiger partial charge on any atom is -0.494 e. The third-order valence-electron chi connectivity index (χ3n) is 4.50. The Bertz CT molecular complexity index is 457. The molecule has 3 rings (SSSR count). The van der Waals surface area contributed by atoms with E-state index in [0.29, 0.717) is 0 Å². The van der Waals surface area contributed by atoms with E-state index in [9.17, 15) is 0 Å². The van der Waals surface area contributed by atoms with Crippen LogP contribution in [0.4, 0.5) is 0 Å². The molecule has 2 aliphatic rings. The van der Waals surface area contributed by atoms with Crippen molar-refractivity contribution >= 4 is 5.57 Å². The topological polar surface area (TPSA) is 18.5 Å². The van der Waals surface area contributed by atoms with Gasteiger partial charge in [0, 0.05) is 5.92 Å². The van der Waals surface area contributed by atoms with E-state index in [1.54, 1.807) is 0 Å². The smallest absolute Gasteiger partial charge is 0.119 e. The predicted octanol–water partition coefficient (Wildman–Crippen LogP) is 4.84. The van der Waals surface area contributed by atoms with Crippen molar-refractivity contribution in [3.8, 4) is 5.75 Å². The van der Waals surface area contributed by atoms with Gasteiger partial charge in [-0.2, -0.15) is 0 Å². The third-order valence-corrected chi connectivity index (χ3v) is 4.50. The molecule has 2 nitrogen and oxygen atoms in total. The zero-order chi connectivity index (χ0) is 14.3. The fourth-order valence-electron chi connectivity index (χ4n) is 3.04. The van der Waals surface area contributed by atoms with Gasteiger partial charge in [0.15, 0.2) is 0 Å². The van der Waals surface area contributed by atoms with Crippen LogP contribution in [0.1, 0.15) is 50.5 Å². The van der Waals surface area contributed by atoms with E-state index in [0.717, 1.165) is 37.9 Å². The first-order chi connectivity index (χ1) is 10.4. The van der Waals surface area contributed by atoms with Gasteiger partial charge in [-0.1, -0.05) is 18.2 Å². The van der Waals surface area contributed by atoms with Crippen molar-refractivity contribution in [1.82, 2.24) is 0 Å². The molecule has 0 unspecified atom stereocenters. The molecule has 0 N–H and O–H groups in total. The van der Waals surface area contributed by atoms with Gasteiger partial charge < -0.3 is 9.47 Å². The van der Waals surface area contributed by atoms with Gasteiger partial charge >= 0.3 is 0 Å². The van der Waals surface area contributed by atoms with Gasteiger partial charge in [0.1, 0.15) is 5.75 Å². The van der Waals surface area contributed by atoms with Crippen molar-refractivity contribution < 1.29 is 9.47 Å². The molecule has 2 heteroatoms. The second-order valence-electron chi connectivity index (χ2n) is 6.25. The largest absolute Gasteiger partial charge is 0.494 e. The van der Waals surface area contributed by atoms with Crippen LogP contribution in [0.2, 0.25) is 0 Å². The second-order valence-corrected chi connectivity index (χ2v) is 6.25. The van der Waals surface area contributed by atoms with Crippen molar-refractivity contribution in [1.29, 1.82) is 0 Å². The maximum absolute atomic E-state index is 5.83. The Hall–Kier alpha value is -1.28. The van der Waals surface area contributed by atoms with Crippen LogP contribution in [0.25, 0.3) is 5.57 Å². The Kier molecular flexibility index (Phi) is 5.34. The quantitative estimate of drug-likeness (QED) is 0.668. The lowest BCUT2D eigenvalue weighted by atomic mass is 9.94. The van der Waals surface area contributed by atoms with Gasteiger partial charge in [0.2, 0.25) is 0 Å². The highest BCUT2D eigenvalue weighted by Crippen LogP contribution is 2.27. The molecule has 21 heavy (non-hydrogen) atoms. The van der Waals surface area contributed by atoms with E-state index >= 15 is 0 Å². The highest BCUT2D eigenvalue weighted by molar-refractivity contribution is 5.66. The minimum atomic E-state index is 0.813. The SMILES string of the molecule is C1=C(c2ccc(OCCCCC3COC3)cc2)CCCC1. The van der Waals surface area contributed by atoms with E-state index in [-0.39, 0.29) is 0 Å². The summed E-state index contributed by atoms with van der Waals surface area (Å²) in [6.45, 7) is 2.77. The molecule has 0 amide bonds. The molecule has 0 atom stereocenters. The van der Waals surface area contributed by atoms with E-state index < -0.39 is 0 Å². The van der Waals surface area contributed by atoms with Gasteiger partial charge in [-0.05, 0) is 68.2 Å². The van der Waals surface area contributed by atoms with Gasteiger partial charge in [-0.25, -0.2) is 0 Å². The first kappa shape index (κ1) is 14.6. The van der Waals surface area contributed by atoms with E-state index in [2.05, 4.69) is 30.3 Å². The molecule has 114 valence electrons. The van der Waals surface area contributed by atoms with Crippen molar-refractivity contribution in [2.45, 2.75) is 44.9 Å². The maximum atomic E-state index is 5.83. The van der Waals surface area contributed by atoms with Crippen LogP contribution >= 0.6 is 0 Å². The fraction of sp³-hybridized carbons (Fsp3) is 0.579. The normalized spacial score (nSPS) is 19.0. The Labute approximate surface area is 128 Å². The number of ether oxygens (including phenoxy) is 2. The molecule has 0 aromatic heterocycles. The number of benzene rings is 1. The summed E-state index contributed by atoms with van der Waals surface area (Å²) < 4.78 is 11.0. The van der Waals surface area contributed by atoms with Crippen molar-refractivity contribution in [2.24, 2.45) is 5.92 Å². The lowest BCUT2D eigenvalue weighted by Gasteiger charge is -2.25. The molecule has 1 aromatic rings. The third kappa shape index (κ3) is 4.34. The van der Waals surface area contributed by atoms with Crippen LogP contribution in [0.3, 0.4) is 0 Å². The zero-order valence-electron chi connectivity index (χ0n) is 12.9. The van der Waals surface area contributed by atoms with Crippen LogP contribution < -0.4 is 4.74 Å². The highest BCUT2D eigenvalue weighted by atomic mass is 16.5. The number of allylic oxidation sites excluding steroid dienone is 2. The molecule has 1 saturated heterocycles. The molecule has 0 spiro atoms. The number of hydrogen-bond acceptors (Lipinski definition) is 2. The lowest BCUT2D eigenvalue weighted by molar-refractivity contribution is -0.0366. The van der Waals surface area contributed by atoms with Crippen LogP contribution in [0.5, 0.6) is 5.75 Å². The summed E-state index contributed by atoms with van der Waals surface area (Å²) in [5, 5.41) is 0. The van der Waals surface area contributed by atoms with Gasteiger partial charge in [0.05, 0.1) is 19.8 Å². The fourth-order valence-corrected chi connectivity index (χ4v) is 3.04. The molecule has 0 bridgehead atoms. The first-order valence-corrected chi connectivity index (χ1v) is 8.42. The summed E-state index contributed by atoms with van der Waals surface area (Å²) in [7, 11) is 0. The van der Waals surface area contributed by atoms with E-state index in [4.69, 9.17) is 9.47 Å². The van der Waals surface area contributed by atoms with Crippen LogP contribution in [-0.4, -0.2) is 19.8 Å². The standard InChI is InChI=1S/C19H26O2/c1-2-7-17(8-3-1)18-9-11-19(12-10-18)21-13-5-4-6-16-14-20-15-16/h7,9-12,16H,1-6,8,13-15H2. The monoisotopic (exact) mass is 286 g/mol. The summed E-state index contributed by atoms with van der Waals surface area (Å²) in [5.74, 6) is 1.81. The van der Waals surface area contributed by atoms with E-state index in [1.807, 2.05) is 0 Å². The minimum absolute atomic E-state index is 0.813. The van der Waals surface area contributed by atoms with Crippen molar-refractivity contribution in [2.75, 3.05) is 19.8 Å². The maximum Gasteiger partial charge on any atom is 0.119 e. The van der Waals surface area contributed by atoms with Crippen molar-refractivity contribution in [3.63, 3.8) is 0 Å². The first-order valence-electron chi connectivity index (χ1n) is 8.42. The molecular formula is C19H26O2. The summed E-state index contributed by atoms with van der Waals surface area (Å²) in [4.78, 5) is 0. The lowest BCUT2D eigenvalue weighted by Crippen LogP contribution is -2.27. The highest BCUT2D eigenvalue weighted by Gasteiger charge is 2.17. The molecular weight excluding hydrogens is 260 g/mol. The summed E-state index contributed by atoms with van der Waals surface area (Å²) in [6.07, 6.45) is 11.2. The number of rotatable bonds is 7. The van der Waals surface area contributed by atoms with Gasteiger partial charge in [-0.3, -0.25) is 0 Å². The average molecular weight is 286 g/mol. The van der Waals surface area contributed by atoms with Crippen LogP contribution in [0, 0.1) is 5.92 Å². The molecule has 0 radical (unpaired) electrons. The zero-order valence-corrected chi connectivity index (χ0v) is 12.9. The molecule has 1 fully saturated rings. The molecule has 1 aliphatic carbocycles. The second kappa shape index (κ2) is 7.65. The van der Waals surface area contributed by atoms with E-state index in [1.165, 1.54) is 49.7 Å². The molecule has 1 heterocycles. The van der Waals surface area contributed by atoms with Gasteiger partial charge in [0.25, 0.3) is 0 Å². The molecule has 0 saturated carbocycles. The Morgan fingerprint density at radius 3 is 2.57 bits per heavy atom. The Morgan fingerprint density at radius 1 is 1.05 bits per heavy atom. The summed E-state index contributed by atoms with van der Waals surface area (Å²) >= 11 is 0. The Balaban J connectivity index is 1.38. The van der Waals surface area contributed by atoms with Crippen molar-refractivity contribution in [3.05, 3.63) is 35.9 Å². The predicted molar refractivity (Wildman–Crippen MR) is 86.5 cm³/mol. The van der Waals surface area contributed by atoms with Crippen LogP contribution in [0.15, 0.2) is 30.3 Å². The number of unbranched alkanes of at least 4 members (excludes halogenated alkanes) is 1. The summed E-state index contributed by atoms with van der Waals surface area (Å²) in [6, 6.07) is 8.64. The van der Waals surface area contributed by atoms with Crippen LogP contribution in [-0.2, 0) is 4.74 Å². The van der Waals surface area contributed by atoms with Gasteiger partial charge in [-0.15, -0.1) is 0 Å².